The minimum atomic E-state index is -0.238. The molecule has 2 N–H and O–H groups in total. The molecule has 0 atom stereocenters. The van der Waals surface area contributed by atoms with Crippen LogP contribution >= 0.6 is 22.9 Å². The molecule has 0 bridgehead atoms. The van der Waals surface area contributed by atoms with Gasteiger partial charge in [-0.25, -0.2) is 9.78 Å². The van der Waals surface area contributed by atoms with Gasteiger partial charge in [0, 0.05) is 17.6 Å². The first-order valence-corrected chi connectivity index (χ1v) is 5.17. The van der Waals surface area contributed by atoms with Crippen molar-refractivity contribution in [3.05, 3.63) is 11.1 Å². The third-order valence-electron chi connectivity index (χ3n) is 1.24. The Hall–Kier alpha value is -0.810. The van der Waals surface area contributed by atoms with Gasteiger partial charge < -0.3 is 5.32 Å². The SMILES string of the molecule is CCNC(=O)Nc1ncc(CCl)s1. The zero-order valence-corrected chi connectivity index (χ0v) is 8.71. The summed E-state index contributed by atoms with van der Waals surface area (Å²) >= 11 is 6.95. The first-order valence-electron chi connectivity index (χ1n) is 3.81. The van der Waals surface area contributed by atoms with Crippen LogP contribution in [0.3, 0.4) is 0 Å². The van der Waals surface area contributed by atoms with E-state index in [9.17, 15) is 4.79 Å². The number of alkyl halides is 1. The summed E-state index contributed by atoms with van der Waals surface area (Å²) in [5, 5.41) is 5.77. The van der Waals surface area contributed by atoms with E-state index < -0.39 is 0 Å². The van der Waals surface area contributed by atoms with Crippen molar-refractivity contribution in [2.75, 3.05) is 11.9 Å². The molecule has 1 rings (SSSR count). The van der Waals surface area contributed by atoms with Crippen molar-refractivity contribution in [3.63, 3.8) is 0 Å². The van der Waals surface area contributed by atoms with Crippen molar-refractivity contribution in [3.8, 4) is 0 Å². The Labute approximate surface area is 85.3 Å². The summed E-state index contributed by atoms with van der Waals surface area (Å²) in [6.45, 7) is 2.45. The molecule has 4 nitrogen and oxygen atoms in total. The molecule has 0 fully saturated rings. The average molecular weight is 220 g/mol. The molecule has 0 unspecified atom stereocenters. The molecule has 72 valence electrons. The highest BCUT2D eigenvalue weighted by Crippen LogP contribution is 2.19. The lowest BCUT2D eigenvalue weighted by Crippen LogP contribution is -2.28. The van der Waals surface area contributed by atoms with Gasteiger partial charge in [-0.05, 0) is 6.92 Å². The molecule has 1 aromatic rings. The second-order valence-electron chi connectivity index (χ2n) is 2.25. The molecule has 2 amide bonds. The number of anilines is 1. The highest BCUT2D eigenvalue weighted by molar-refractivity contribution is 7.15. The van der Waals surface area contributed by atoms with Gasteiger partial charge in [-0.2, -0.15) is 0 Å². The summed E-state index contributed by atoms with van der Waals surface area (Å²) in [6.07, 6.45) is 1.65. The van der Waals surface area contributed by atoms with Gasteiger partial charge >= 0.3 is 6.03 Å². The predicted octanol–water partition coefficient (Wildman–Crippen LogP) is 2.02. The number of hydrogen-bond donors (Lipinski definition) is 2. The number of urea groups is 1. The van der Waals surface area contributed by atoms with Crippen LogP contribution in [-0.4, -0.2) is 17.6 Å². The van der Waals surface area contributed by atoms with E-state index in [-0.39, 0.29) is 6.03 Å². The molecular weight excluding hydrogens is 210 g/mol. The molecule has 0 aromatic carbocycles. The maximum absolute atomic E-state index is 11.0. The first kappa shape index (κ1) is 10.3. The van der Waals surface area contributed by atoms with Crippen LogP contribution in [0.5, 0.6) is 0 Å². The standard InChI is InChI=1S/C7H10ClN3OS/c1-2-9-6(12)11-7-10-4-5(3-8)13-7/h4H,2-3H2,1H3,(H2,9,10,11,12). The highest BCUT2D eigenvalue weighted by atomic mass is 35.5. The lowest BCUT2D eigenvalue weighted by Gasteiger charge is -2.00. The van der Waals surface area contributed by atoms with Gasteiger partial charge in [0.05, 0.1) is 5.88 Å². The first-order chi connectivity index (χ1) is 6.26. The number of rotatable bonds is 3. The van der Waals surface area contributed by atoms with E-state index in [0.29, 0.717) is 17.6 Å². The number of carbonyl (C=O) groups is 1. The van der Waals surface area contributed by atoms with Crippen LogP contribution in [-0.2, 0) is 5.88 Å². The predicted molar refractivity (Wildman–Crippen MR) is 54.4 cm³/mol. The Morgan fingerprint density at radius 1 is 1.77 bits per heavy atom. The van der Waals surface area contributed by atoms with Crippen LogP contribution in [0.2, 0.25) is 0 Å². The number of nitrogens with one attached hydrogen (secondary N) is 2. The summed E-state index contributed by atoms with van der Waals surface area (Å²) in [6, 6.07) is -0.238. The molecular formula is C7H10ClN3OS. The molecule has 0 aliphatic carbocycles. The third kappa shape index (κ3) is 3.20. The number of thiazole rings is 1. The van der Waals surface area contributed by atoms with E-state index in [1.807, 2.05) is 6.92 Å². The van der Waals surface area contributed by atoms with Gasteiger partial charge in [-0.15, -0.1) is 22.9 Å². The van der Waals surface area contributed by atoms with E-state index in [4.69, 9.17) is 11.6 Å². The van der Waals surface area contributed by atoms with Crippen LogP contribution in [0.15, 0.2) is 6.20 Å². The Morgan fingerprint density at radius 3 is 3.08 bits per heavy atom. The Morgan fingerprint density at radius 2 is 2.54 bits per heavy atom. The topological polar surface area (TPSA) is 54.0 Å². The van der Waals surface area contributed by atoms with Crippen molar-refractivity contribution in [2.45, 2.75) is 12.8 Å². The number of amides is 2. The van der Waals surface area contributed by atoms with Gasteiger partial charge in [0.25, 0.3) is 0 Å². The second-order valence-corrected chi connectivity index (χ2v) is 3.63. The van der Waals surface area contributed by atoms with Crippen molar-refractivity contribution in [2.24, 2.45) is 0 Å². The van der Waals surface area contributed by atoms with E-state index in [1.165, 1.54) is 11.3 Å². The Bertz CT molecular complexity index is 289. The van der Waals surface area contributed by atoms with E-state index >= 15 is 0 Å². The Balaban J connectivity index is 2.49. The van der Waals surface area contributed by atoms with Gasteiger partial charge in [0.1, 0.15) is 0 Å². The minimum absolute atomic E-state index is 0.238. The van der Waals surface area contributed by atoms with Crippen LogP contribution < -0.4 is 10.6 Å². The van der Waals surface area contributed by atoms with Gasteiger partial charge in [0.15, 0.2) is 5.13 Å². The van der Waals surface area contributed by atoms with Crippen LogP contribution in [0, 0.1) is 0 Å². The molecule has 1 aromatic heterocycles. The number of aromatic nitrogens is 1. The lowest BCUT2D eigenvalue weighted by molar-refractivity contribution is 0.252. The quantitative estimate of drug-likeness (QED) is 0.765. The molecule has 0 radical (unpaired) electrons. The third-order valence-corrected chi connectivity index (χ3v) is 2.60. The number of carbonyl (C=O) groups excluding carboxylic acids is 1. The zero-order chi connectivity index (χ0) is 9.68. The molecule has 13 heavy (non-hydrogen) atoms. The largest absolute Gasteiger partial charge is 0.338 e. The smallest absolute Gasteiger partial charge is 0.321 e. The van der Waals surface area contributed by atoms with Crippen LogP contribution in [0.4, 0.5) is 9.93 Å². The maximum atomic E-state index is 11.0. The Kier molecular flexibility index (Phi) is 3.98. The minimum Gasteiger partial charge on any atom is -0.338 e. The van der Waals surface area contributed by atoms with Crippen molar-refractivity contribution in [1.82, 2.24) is 10.3 Å². The average Bonchev–Trinajstić information content (AvgIpc) is 2.52. The normalized spacial score (nSPS) is 9.69. The lowest BCUT2D eigenvalue weighted by atomic mass is 10.6. The van der Waals surface area contributed by atoms with E-state index in [2.05, 4.69) is 15.6 Å². The molecule has 6 heteroatoms. The highest BCUT2D eigenvalue weighted by Gasteiger charge is 2.03. The van der Waals surface area contributed by atoms with Gasteiger partial charge in [-0.1, -0.05) is 0 Å². The maximum Gasteiger partial charge on any atom is 0.321 e. The fourth-order valence-electron chi connectivity index (χ4n) is 0.729. The van der Waals surface area contributed by atoms with Crippen molar-refractivity contribution >= 4 is 34.1 Å². The zero-order valence-electron chi connectivity index (χ0n) is 7.13. The molecule has 0 spiro atoms. The summed E-state index contributed by atoms with van der Waals surface area (Å²) in [5.41, 5.74) is 0. The van der Waals surface area contributed by atoms with Crippen molar-refractivity contribution in [1.29, 1.82) is 0 Å². The second kappa shape index (κ2) is 5.04. The van der Waals surface area contributed by atoms with Crippen LogP contribution in [0.25, 0.3) is 0 Å². The van der Waals surface area contributed by atoms with Gasteiger partial charge in [-0.3, -0.25) is 5.32 Å². The monoisotopic (exact) mass is 219 g/mol. The summed E-state index contributed by atoms with van der Waals surface area (Å²) in [5.74, 6) is 0.425. The van der Waals surface area contributed by atoms with Crippen molar-refractivity contribution < 1.29 is 4.79 Å². The molecule has 0 saturated heterocycles. The molecule has 0 saturated carbocycles. The number of nitrogens with zero attached hydrogens (tertiary/aromatic N) is 1. The molecule has 0 aliphatic rings. The summed E-state index contributed by atoms with van der Waals surface area (Å²) in [7, 11) is 0. The van der Waals surface area contributed by atoms with E-state index in [0.717, 1.165) is 4.88 Å². The van der Waals surface area contributed by atoms with E-state index in [1.54, 1.807) is 6.20 Å². The number of hydrogen-bond acceptors (Lipinski definition) is 3. The fourth-order valence-corrected chi connectivity index (χ4v) is 1.62. The summed E-state index contributed by atoms with van der Waals surface area (Å²) < 4.78 is 0. The van der Waals surface area contributed by atoms with Gasteiger partial charge in [0.2, 0.25) is 0 Å². The molecule has 1 heterocycles. The molecule has 0 aliphatic heterocycles. The fraction of sp³-hybridized carbons (Fsp3) is 0.429. The number of halogens is 1. The summed E-state index contributed by atoms with van der Waals surface area (Å²) in [4.78, 5) is 15.9. The van der Waals surface area contributed by atoms with Crippen LogP contribution in [0.1, 0.15) is 11.8 Å².